The molecule has 3 unspecified atom stereocenters. The van der Waals surface area contributed by atoms with E-state index in [2.05, 4.69) is 39.0 Å². The van der Waals surface area contributed by atoms with Crippen molar-refractivity contribution in [3.05, 3.63) is 64.8 Å². The van der Waals surface area contributed by atoms with Crippen LogP contribution in [0.25, 0.3) is 10.9 Å². The third-order valence-corrected chi connectivity index (χ3v) is 8.24. The highest BCUT2D eigenvalue weighted by Crippen LogP contribution is 2.41. The van der Waals surface area contributed by atoms with Crippen LogP contribution in [0.1, 0.15) is 52.4 Å². The summed E-state index contributed by atoms with van der Waals surface area (Å²) in [6, 6.07) is 14.0. The summed E-state index contributed by atoms with van der Waals surface area (Å²) in [5, 5.41) is 1.20. The molecule has 1 aromatic heterocycles. The van der Waals surface area contributed by atoms with E-state index in [0.29, 0.717) is 18.7 Å². The van der Waals surface area contributed by atoms with Crippen molar-refractivity contribution in [1.82, 2.24) is 19.8 Å². The van der Waals surface area contributed by atoms with Gasteiger partial charge in [-0.05, 0) is 54.3 Å². The van der Waals surface area contributed by atoms with Gasteiger partial charge in [0.05, 0.1) is 18.8 Å². The SMILES string of the molecule is COc1ccc2c(c1)c1c(n2Cc2ccc(C(=O)NOC3CCCCO3)cc2)CN2CC1C(=S)N(C)C2. The molecule has 0 aliphatic carbocycles. The van der Waals surface area contributed by atoms with Gasteiger partial charge in [-0.3, -0.25) is 9.69 Å². The largest absolute Gasteiger partial charge is 0.497 e. The van der Waals surface area contributed by atoms with Crippen molar-refractivity contribution < 1.29 is 19.1 Å². The lowest BCUT2D eigenvalue weighted by Gasteiger charge is -2.44. The summed E-state index contributed by atoms with van der Waals surface area (Å²) in [4.78, 5) is 23.7. The smallest absolute Gasteiger partial charge is 0.274 e. The first-order valence-electron chi connectivity index (χ1n) is 12.8. The average Bonchev–Trinajstić information content (AvgIpc) is 3.23. The van der Waals surface area contributed by atoms with Crippen LogP contribution in [-0.2, 0) is 22.7 Å². The highest BCUT2D eigenvalue weighted by atomic mass is 32.1. The summed E-state index contributed by atoms with van der Waals surface area (Å²) in [5.74, 6) is 0.767. The van der Waals surface area contributed by atoms with E-state index >= 15 is 0 Å². The Balaban J connectivity index is 1.27. The number of aromatic nitrogens is 1. The molecule has 3 aliphatic rings. The van der Waals surface area contributed by atoms with Gasteiger partial charge < -0.3 is 18.9 Å². The van der Waals surface area contributed by atoms with Crippen LogP contribution in [0.15, 0.2) is 42.5 Å². The minimum atomic E-state index is -0.369. The van der Waals surface area contributed by atoms with Crippen molar-refractivity contribution in [3.63, 3.8) is 0 Å². The Morgan fingerprint density at radius 1 is 1.19 bits per heavy atom. The highest BCUT2D eigenvalue weighted by Gasteiger charge is 2.38. The number of amides is 1. The van der Waals surface area contributed by atoms with Crippen molar-refractivity contribution in [2.75, 3.05) is 34.0 Å². The van der Waals surface area contributed by atoms with E-state index in [-0.39, 0.29) is 18.1 Å². The zero-order valence-electron chi connectivity index (χ0n) is 21.2. The number of ether oxygens (including phenoxy) is 2. The predicted molar refractivity (Wildman–Crippen MR) is 145 cm³/mol. The molecule has 8 nitrogen and oxygen atoms in total. The predicted octanol–water partition coefficient (Wildman–Crippen LogP) is 4.02. The molecule has 0 spiro atoms. The fourth-order valence-electron chi connectivity index (χ4n) is 5.78. The number of carbonyl (C=O) groups excluding carboxylic acids is 1. The topological polar surface area (TPSA) is 68.2 Å². The zero-order chi connectivity index (χ0) is 25.5. The Morgan fingerprint density at radius 3 is 2.78 bits per heavy atom. The van der Waals surface area contributed by atoms with Crippen molar-refractivity contribution in [2.45, 2.75) is 44.6 Å². The molecule has 37 heavy (non-hydrogen) atoms. The molecule has 1 N–H and O–H groups in total. The molecule has 0 saturated carbocycles. The van der Waals surface area contributed by atoms with Gasteiger partial charge in [-0.25, -0.2) is 10.3 Å². The number of thiocarbonyl (C=S) groups is 1. The molecule has 0 radical (unpaired) electrons. The van der Waals surface area contributed by atoms with Crippen LogP contribution in [0.2, 0.25) is 0 Å². The van der Waals surface area contributed by atoms with Crippen LogP contribution in [0.5, 0.6) is 5.75 Å². The van der Waals surface area contributed by atoms with Crippen LogP contribution >= 0.6 is 12.2 Å². The van der Waals surface area contributed by atoms with E-state index in [1.165, 1.54) is 22.2 Å². The van der Waals surface area contributed by atoms with E-state index in [9.17, 15) is 4.79 Å². The summed E-state index contributed by atoms with van der Waals surface area (Å²) in [7, 11) is 3.79. The third-order valence-electron chi connectivity index (χ3n) is 7.65. The minimum Gasteiger partial charge on any atom is -0.497 e. The lowest BCUT2D eigenvalue weighted by molar-refractivity contribution is -0.186. The Labute approximate surface area is 222 Å². The number of likely N-dealkylation sites (N-methyl/N-ethyl adjacent to an activating group) is 1. The van der Waals surface area contributed by atoms with Crippen molar-refractivity contribution in [3.8, 4) is 5.75 Å². The third kappa shape index (κ3) is 4.61. The van der Waals surface area contributed by atoms with Gasteiger partial charge in [0.25, 0.3) is 5.91 Å². The fourth-order valence-corrected chi connectivity index (χ4v) is 6.03. The van der Waals surface area contributed by atoms with Gasteiger partial charge in [0, 0.05) is 67.8 Å². The Kier molecular flexibility index (Phi) is 6.62. The number of carbonyl (C=O) groups is 1. The number of fused-ring (bicyclic) bond motifs is 6. The molecule has 1 amide bonds. The van der Waals surface area contributed by atoms with E-state index in [0.717, 1.165) is 55.3 Å². The summed E-state index contributed by atoms with van der Waals surface area (Å²) in [5.41, 5.74) is 8.01. The fraction of sp³-hybridized carbons (Fsp3) is 0.429. The molecule has 3 atom stereocenters. The molecule has 194 valence electrons. The van der Waals surface area contributed by atoms with Gasteiger partial charge in [0.2, 0.25) is 0 Å². The standard InChI is InChI=1S/C28H32N4O4S/c1-30-17-31-15-22(28(30)37)26-21-13-20(34-2)10-11-23(21)32(24(26)16-31)14-18-6-8-19(9-7-18)27(33)29-36-25-5-3-4-12-35-25/h6-11,13,22,25H,3-5,12,14-17H2,1-2H3,(H,29,33). The van der Waals surface area contributed by atoms with Crippen LogP contribution in [0, 0.1) is 0 Å². The van der Waals surface area contributed by atoms with E-state index in [1.807, 2.05) is 30.3 Å². The maximum Gasteiger partial charge on any atom is 0.274 e. The van der Waals surface area contributed by atoms with Crippen molar-refractivity contribution >= 4 is 34.0 Å². The molecule has 6 rings (SSSR count). The van der Waals surface area contributed by atoms with Crippen molar-refractivity contribution in [2.24, 2.45) is 0 Å². The second kappa shape index (κ2) is 10.1. The quantitative estimate of drug-likeness (QED) is 0.389. The van der Waals surface area contributed by atoms with E-state index in [4.69, 9.17) is 26.5 Å². The van der Waals surface area contributed by atoms with Crippen molar-refractivity contribution in [1.29, 1.82) is 0 Å². The highest BCUT2D eigenvalue weighted by molar-refractivity contribution is 7.80. The number of hydrogen-bond donors (Lipinski definition) is 1. The maximum absolute atomic E-state index is 12.6. The summed E-state index contributed by atoms with van der Waals surface area (Å²) in [6.07, 6.45) is 2.50. The first-order chi connectivity index (χ1) is 18.0. The molecule has 3 aliphatic heterocycles. The number of methoxy groups -OCH3 is 1. The first kappa shape index (κ1) is 24.4. The van der Waals surface area contributed by atoms with Gasteiger partial charge in [0.15, 0.2) is 6.29 Å². The average molecular weight is 521 g/mol. The molecule has 4 heterocycles. The molecule has 3 aromatic rings. The van der Waals surface area contributed by atoms with Gasteiger partial charge in [-0.15, -0.1) is 0 Å². The van der Waals surface area contributed by atoms with Gasteiger partial charge >= 0.3 is 0 Å². The minimum absolute atomic E-state index is 0.188. The monoisotopic (exact) mass is 520 g/mol. The summed E-state index contributed by atoms with van der Waals surface area (Å²) in [6.45, 7) is 4.04. The summed E-state index contributed by atoms with van der Waals surface area (Å²) >= 11 is 5.88. The van der Waals surface area contributed by atoms with Crippen LogP contribution < -0.4 is 10.2 Å². The van der Waals surface area contributed by atoms with Crippen LogP contribution in [0.4, 0.5) is 0 Å². The second-order valence-corrected chi connectivity index (χ2v) is 10.5. The van der Waals surface area contributed by atoms with E-state index < -0.39 is 0 Å². The number of hydroxylamine groups is 1. The lowest BCUT2D eigenvalue weighted by atomic mass is 9.90. The van der Waals surface area contributed by atoms with Gasteiger partial charge in [-0.2, -0.15) is 0 Å². The molecule has 2 saturated heterocycles. The normalized spacial score (nSPS) is 23.1. The van der Waals surface area contributed by atoms with Gasteiger partial charge in [0.1, 0.15) is 5.75 Å². The molecule has 2 bridgehead atoms. The Bertz CT molecular complexity index is 1330. The number of nitrogens with one attached hydrogen (secondary N) is 1. The van der Waals surface area contributed by atoms with Crippen LogP contribution in [-0.4, -0.2) is 65.5 Å². The van der Waals surface area contributed by atoms with Crippen LogP contribution in [0.3, 0.4) is 0 Å². The molecular formula is C28H32N4O4S. The Hall–Kier alpha value is -2.98. The Morgan fingerprint density at radius 2 is 2.03 bits per heavy atom. The van der Waals surface area contributed by atoms with Gasteiger partial charge in [-0.1, -0.05) is 24.4 Å². The molecular weight excluding hydrogens is 488 g/mol. The lowest BCUT2D eigenvalue weighted by Crippen LogP contribution is -2.52. The number of benzene rings is 2. The number of rotatable bonds is 6. The maximum atomic E-state index is 12.6. The number of nitrogens with zero attached hydrogens (tertiary/aromatic N) is 3. The zero-order valence-corrected chi connectivity index (χ0v) is 22.1. The first-order valence-corrected chi connectivity index (χ1v) is 13.3. The molecule has 2 aromatic carbocycles. The second-order valence-electron chi connectivity index (χ2n) is 10.1. The molecule has 9 heteroatoms. The van der Waals surface area contributed by atoms with E-state index in [1.54, 1.807) is 7.11 Å². The summed E-state index contributed by atoms with van der Waals surface area (Å²) < 4.78 is 13.5. The number of hydrogen-bond acceptors (Lipinski definition) is 6. The molecule has 2 fully saturated rings.